The Balaban J connectivity index is 1.81. The summed E-state index contributed by atoms with van der Waals surface area (Å²) in [6.07, 6.45) is 4.56. The standard InChI is InChI=1S/C11H12N2O2/c14-11(8-1-3-12-4-2-8)13-6-10-5-9(13)7-15-10/h1-4,9-10H,5-7H2/t9-,10+/m0/s1. The summed E-state index contributed by atoms with van der Waals surface area (Å²) in [6.45, 7) is 1.44. The molecular weight excluding hydrogens is 192 g/mol. The Morgan fingerprint density at radius 2 is 2.27 bits per heavy atom. The monoisotopic (exact) mass is 204 g/mol. The third kappa shape index (κ3) is 1.41. The summed E-state index contributed by atoms with van der Waals surface area (Å²) in [4.78, 5) is 17.9. The molecule has 0 aromatic carbocycles. The van der Waals surface area contributed by atoms with Crippen molar-refractivity contribution in [2.45, 2.75) is 18.6 Å². The zero-order chi connectivity index (χ0) is 10.3. The van der Waals surface area contributed by atoms with Gasteiger partial charge in [0.1, 0.15) is 0 Å². The number of carbonyl (C=O) groups is 1. The third-order valence-electron chi connectivity index (χ3n) is 3.09. The number of carbonyl (C=O) groups excluding carboxylic acids is 1. The van der Waals surface area contributed by atoms with Crippen molar-refractivity contribution in [1.82, 2.24) is 9.88 Å². The SMILES string of the molecule is O=C(c1ccncc1)N1C[C@H]2C[C@H]1CO2. The molecule has 1 amide bonds. The Morgan fingerprint density at radius 3 is 2.87 bits per heavy atom. The first-order valence-corrected chi connectivity index (χ1v) is 5.17. The van der Waals surface area contributed by atoms with Crippen molar-refractivity contribution in [3.63, 3.8) is 0 Å². The minimum atomic E-state index is 0.105. The predicted octanol–water partition coefficient (Wildman–Crippen LogP) is 0.695. The topological polar surface area (TPSA) is 42.4 Å². The zero-order valence-corrected chi connectivity index (χ0v) is 8.30. The minimum Gasteiger partial charge on any atom is -0.374 e. The highest BCUT2D eigenvalue weighted by Crippen LogP contribution is 2.28. The van der Waals surface area contributed by atoms with E-state index in [0.29, 0.717) is 6.61 Å². The van der Waals surface area contributed by atoms with Crippen LogP contribution in [0.4, 0.5) is 0 Å². The van der Waals surface area contributed by atoms with E-state index in [0.717, 1.165) is 18.5 Å². The largest absolute Gasteiger partial charge is 0.374 e. The number of nitrogens with zero attached hydrogens (tertiary/aromatic N) is 2. The Morgan fingerprint density at radius 1 is 1.47 bits per heavy atom. The van der Waals surface area contributed by atoms with Crippen molar-refractivity contribution in [3.05, 3.63) is 30.1 Å². The molecule has 0 unspecified atom stereocenters. The molecule has 78 valence electrons. The van der Waals surface area contributed by atoms with E-state index in [-0.39, 0.29) is 18.1 Å². The zero-order valence-electron chi connectivity index (χ0n) is 8.30. The van der Waals surface area contributed by atoms with E-state index in [1.165, 1.54) is 0 Å². The van der Waals surface area contributed by atoms with Gasteiger partial charge in [-0.1, -0.05) is 0 Å². The van der Waals surface area contributed by atoms with Crippen LogP contribution in [0.2, 0.25) is 0 Å². The van der Waals surface area contributed by atoms with Gasteiger partial charge in [0.15, 0.2) is 0 Å². The van der Waals surface area contributed by atoms with E-state index in [1.807, 2.05) is 4.90 Å². The van der Waals surface area contributed by atoms with Gasteiger partial charge in [0, 0.05) is 24.5 Å². The normalized spacial score (nSPS) is 28.4. The number of hydrogen-bond acceptors (Lipinski definition) is 3. The van der Waals surface area contributed by atoms with Crippen LogP contribution in [0.1, 0.15) is 16.8 Å². The highest BCUT2D eigenvalue weighted by atomic mass is 16.5. The second-order valence-corrected chi connectivity index (χ2v) is 4.04. The fourth-order valence-corrected chi connectivity index (χ4v) is 2.31. The van der Waals surface area contributed by atoms with Crippen LogP contribution >= 0.6 is 0 Å². The first-order valence-electron chi connectivity index (χ1n) is 5.17. The fourth-order valence-electron chi connectivity index (χ4n) is 2.31. The number of hydrogen-bond donors (Lipinski definition) is 0. The van der Waals surface area contributed by atoms with Crippen LogP contribution in [0.15, 0.2) is 24.5 Å². The molecule has 15 heavy (non-hydrogen) atoms. The summed E-state index contributed by atoms with van der Waals surface area (Å²) in [5.41, 5.74) is 0.720. The van der Waals surface area contributed by atoms with Crippen molar-refractivity contribution in [3.8, 4) is 0 Å². The molecular formula is C11H12N2O2. The maximum Gasteiger partial charge on any atom is 0.254 e. The molecule has 0 N–H and O–H groups in total. The van der Waals surface area contributed by atoms with E-state index in [2.05, 4.69) is 4.98 Å². The number of pyridine rings is 1. The average molecular weight is 204 g/mol. The lowest BCUT2D eigenvalue weighted by Crippen LogP contribution is -2.41. The van der Waals surface area contributed by atoms with Crippen LogP contribution in [-0.2, 0) is 4.74 Å². The molecule has 0 spiro atoms. The number of morpholine rings is 1. The third-order valence-corrected chi connectivity index (χ3v) is 3.09. The van der Waals surface area contributed by atoms with Gasteiger partial charge < -0.3 is 9.64 Å². The van der Waals surface area contributed by atoms with E-state index >= 15 is 0 Å². The molecule has 2 fully saturated rings. The van der Waals surface area contributed by atoms with Crippen molar-refractivity contribution < 1.29 is 9.53 Å². The molecule has 3 rings (SSSR count). The molecule has 1 aromatic rings. The van der Waals surface area contributed by atoms with E-state index in [4.69, 9.17) is 4.74 Å². The number of aromatic nitrogens is 1. The number of rotatable bonds is 1. The van der Waals surface area contributed by atoms with Gasteiger partial charge in [0.05, 0.1) is 18.8 Å². The molecule has 1 aromatic heterocycles. The summed E-state index contributed by atoms with van der Waals surface area (Å²) in [6, 6.07) is 3.81. The lowest BCUT2D eigenvalue weighted by Gasteiger charge is -2.26. The minimum absolute atomic E-state index is 0.105. The van der Waals surface area contributed by atoms with Crippen LogP contribution in [0.5, 0.6) is 0 Å². The van der Waals surface area contributed by atoms with Crippen LogP contribution < -0.4 is 0 Å². The molecule has 0 saturated carbocycles. The highest BCUT2D eigenvalue weighted by Gasteiger charge is 2.41. The molecule has 2 aliphatic heterocycles. The lowest BCUT2D eigenvalue weighted by atomic mass is 10.2. The first kappa shape index (κ1) is 8.85. The number of ether oxygens (including phenoxy) is 1. The fraction of sp³-hybridized carbons (Fsp3) is 0.455. The second kappa shape index (κ2) is 3.31. The second-order valence-electron chi connectivity index (χ2n) is 4.04. The van der Waals surface area contributed by atoms with E-state index < -0.39 is 0 Å². The summed E-state index contributed by atoms with van der Waals surface area (Å²) < 4.78 is 5.46. The van der Waals surface area contributed by atoms with E-state index in [9.17, 15) is 4.79 Å². The Hall–Kier alpha value is -1.42. The lowest BCUT2D eigenvalue weighted by molar-refractivity contribution is 0.0259. The summed E-state index contributed by atoms with van der Waals surface area (Å²) in [5.74, 6) is 0.105. The molecule has 0 radical (unpaired) electrons. The summed E-state index contributed by atoms with van der Waals surface area (Å²) >= 11 is 0. The van der Waals surface area contributed by atoms with Crippen LogP contribution in [0.25, 0.3) is 0 Å². The van der Waals surface area contributed by atoms with Gasteiger partial charge in [0.25, 0.3) is 5.91 Å². The Kier molecular flexibility index (Phi) is 1.95. The van der Waals surface area contributed by atoms with Gasteiger partial charge in [-0.25, -0.2) is 0 Å². The molecule has 4 nitrogen and oxygen atoms in total. The average Bonchev–Trinajstić information content (AvgIpc) is 2.91. The summed E-state index contributed by atoms with van der Waals surface area (Å²) in [7, 11) is 0. The molecule has 0 aliphatic carbocycles. The molecule has 2 aliphatic rings. The van der Waals surface area contributed by atoms with Gasteiger partial charge in [-0.15, -0.1) is 0 Å². The van der Waals surface area contributed by atoms with Gasteiger partial charge in [-0.3, -0.25) is 9.78 Å². The van der Waals surface area contributed by atoms with Crippen molar-refractivity contribution in [2.75, 3.05) is 13.2 Å². The van der Waals surface area contributed by atoms with Gasteiger partial charge >= 0.3 is 0 Å². The molecule has 2 atom stereocenters. The first-order chi connectivity index (χ1) is 7.34. The number of fused-ring (bicyclic) bond motifs is 2. The Bertz CT molecular complexity index is 379. The van der Waals surface area contributed by atoms with Crippen LogP contribution in [0.3, 0.4) is 0 Å². The maximum atomic E-state index is 12.1. The predicted molar refractivity (Wildman–Crippen MR) is 53.4 cm³/mol. The van der Waals surface area contributed by atoms with Gasteiger partial charge in [0.2, 0.25) is 0 Å². The maximum absolute atomic E-state index is 12.1. The van der Waals surface area contributed by atoms with Gasteiger partial charge in [-0.2, -0.15) is 0 Å². The van der Waals surface area contributed by atoms with Crippen molar-refractivity contribution >= 4 is 5.91 Å². The van der Waals surface area contributed by atoms with Crippen LogP contribution in [0, 0.1) is 0 Å². The molecule has 3 heterocycles. The highest BCUT2D eigenvalue weighted by molar-refractivity contribution is 5.94. The summed E-state index contributed by atoms with van der Waals surface area (Å²) in [5, 5.41) is 0. The number of amides is 1. The molecule has 2 saturated heterocycles. The molecule has 2 bridgehead atoms. The number of likely N-dealkylation sites (tertiary alicyclic amines) is 1. The van der Waals surface area contributed by atoms with Crippen molar-refractivity contribution in [2.24, 2.45) is 0 Å². The van der Waals surface area contributed by atoms with Crippen molar-refractivity contribution in [1.29, 1.82) is 0 Å². The van der Waals surface area contributed by atoms with E-state index in [1.54, 1.807) is 24.5 Å². The quantitative estimate of drug-likeness (QED) is 0.676. The van der Waals surface area contributed by atoms with Gasteiger partial charge in [-0.05, 0) is 18.6 Å². The van der Waals surface area contributed by atoms with Crippen LogP contribution in [-0.4, -0.2) is 41.1 Å². The Labute approximate surface area is 87.9 Å². The smallest absolute Gasteiger partial charge is 0.254 e. The molecule has 4 heteroatoms.